The fourth-order valence-corrected chi connectivity index (χ4v) is 25.4. The summed E-state index contributed by atoms with van der Waals surface area (Å²) in [5, 5.41) is 0. The summed E-state index contributed by atoms with van der Waals surface area (Å²) in [4.78, 5) is 0. The molecule has 2 aliphatic carbocycles. The Balaban J connectivity index is 1.26. The molecule has 4 aromatic carbocycles. The van der Waals surface area contributed by atoms with Crippen LogP contribution in [0.5, 0.6) is 0 Å². The number of halogens is 2. The van der Waals surface area contributed by atoms with Gasteiger partial charge in [0.1, 0.15) is 0 Å². The van der Waals surface area contributed by atoms with Gasteiger partial charge in [0.15, 0.2) is 0 Å². The SMILES string of the molecule is Cc1ccc(C2=Cc3c(ccc(C)c3-c3cc(C(C)(C)C)cc(C(C)(C)C)c3)C2C[SiH](CC2C(c3ccc(C)o3)=Cc3c2ccc(C)c3-c2cc(C(C)(C)C)cc(C(C)(C)C)c2)[Zr]([Cl])[Cl])o1. The molecular formula is C60H71Cl2O2SiZr. The van der Waals surface area contributed by atoms with Gasteiger partial charge >= 0.3 is 416 Å². The molecule has 2 aromatic heterocycles. The van der Waals surface area contributed by atoms with E-state index in [1.807, 2.05) is 13.8 Å². The first-order valence-corrected chi connectivity index (χ1v) is 36.8. The topological polar surface area (TPSA) is 26.3 Å². The van der Waals surface area contributed by atoms with Crippen LogP contribution in [-0.2, 0) is 40.2 Å². The Labute approximate surface area is 412 Å². The third-order valence-corrected chi connectivity index (χ3v) is 36.1. The Kier molecular flexibility index (Phi) is 13.3. The molecule has 345 valence electrons. The third-order valence-electron chi connectivity index (χ3n) is 14.4. The molecule has 0 spiro atoms. The average molecular weight is 1010 g/mol. The van der Waals surface area contributed by atoms with Gasteiger partial charge in [-0.1, -0.05) is 0 Å². The summed E-state index contributed by atoms with van der Waals surface area (Å²) in [7, 11) is 15.1. The summed E-state index contributed by atoms with van der Waals surface area (Å²) in [5.41, 5.74) is 21.1. The van der Waals surface area contributed by atoms with E-state index in [0.29, 0.717) is 0 Å². The summed E-state index contributed by atoms with van der Waals surface area (Å²) in [6.45, 7) is 36.5. The van der Waals surface area contributed by atoms with Gasteiger partial charge < -0.3 is 0 Å². The second-order valence-corrected chi connectivity index (χ2v) is 47.2. The monoisotopic (exact) mass is 1010 g/mol. The molecule has 6 aromatic rings. The zero-order valence-electron chi connectivity index (χ0n) is 42.5. The molecular weight excluding hydrogens is 943 g/mol. The van der Waals surface area contributed by atoms with Crippen LogP contribution in [0.25, 0.3) is 45.6 Å². The summed E-state index contributed by atoms with van der Waals surface area (Å²) in [6.07, 6.45) is 4.90. The van der Waals surface area contributed by atoms with Gasteiger partial charge in [-0.2, -0.15) is 0 Å². The minimum absolute atomic E-state index is 0.00394. The second kappa shape index (κ2) is 17.8. The predicted octanol–water partition coefficient (Wildman–Crippen LogP) is 18.3. The van der Waals surface area contributed by atoms with E-state index in [4.69, 9.17) is 25.9 Å². The predicted molar refractivity (Wildman–Crippen MR) is 285 cm³/mol. The summed E-state index contributed by atoms with van der Waals surface area (Å²) in [5.74, 6) is 2.19. The van der Waals surface area contributed by atoms with Crippen molar-refractivity contribution in [3.05, 3.63) is 164 Å². The van der Waals surface area contributed by atoms with Crippen LogP contribution in [0.15, 0.2) is 93.8 Å². The minimum atomic E-state index is -2.86. The van der Waals surface area contributed by atoms with E-state index in [1.54, 1.807) is 0 Å². The van der Waals surface area contributed by atoms with Crippen molar-refractivity contribution in [2.24, 2.45) is 0 Å². The van der Waals surface area contributed by atoms with Gasteiger partial charge in [0.05, 0.1) is 0 Å². The number of rotatable bonds is 9. The molecule has 0 amide bonds. The van der Waals surface area contributed by atoms with Gasteiger partial charge in [0, 0.05) is 0 Å². The maximum absolute atomic E-state index is 7.53. The standard InChI is InChI=1S/C60H71O2Si.2ClH.Zr/c1-35-17-21-45-49(55(35)39-25-41(57(5,6)7)29-42(26-39)58(8,9)10)31-47(53-23-19-37(3)61-53)51(45)33-63-34-52-46-22-18-36(2)56(50(46)32-48(52)54-24-20-38(4)62-54)40-27-43(59(11,12)13)30-44(28-40)60(14,15)16;;;/h17-32,51-52,63H,33-34H2,1-16H3;2*1H;/q;;;+2/p-2. The quantitative estimate of drug-likeness (QED) is 0.135. The molecule has 0 bridgehead atoms. The van der Waals surface area contributed by atoms with Gasteiger partial charge in [0.2, 0.25) is 0 Å². The van der Waals surface area contributed by atoms with Crippen LogP contribution in [0, 0.1) is 27.7 Å². The van der Waals surface area contributed by atoms with Crippen molar-refractivity contribution in [3.63, 3.8) is 0 Å². The van der Waals surface area contributed by atoms with E-state index in [9.17, 15) is 0 Å². The Morgan fingerprint density at radius 3 is 1.08 bits per heavy atom. The number of allylic oxidation sites excluding steroid dienone is 2. The van der Waals surface area contributed by atoms with E-state index >= 15 is 0 Å². The zero-order chi connectivity index (χ0) is 48.0. The molecule has 0 saturated heterocycles. The van der Waals surface area contributed by atoms with Crippen LogP contribution in [-0.4, -0.2) is 5.92 Å². The van der Waals surface area contributed by atoms with Gasteiger partial charge in [-0.25, -0.2) is 0 Å². The molecule has 2 heterocycles. The Morgan fingerprint density at radius 2 is 0.803 bits per heavy atom. The average Bonchev–Trinajstić information content (AvgIpc) is 4.01. The molecule has 6 heteroatoms. The Hall–Kier alpha value is -3.40. The van der Waals surface area contributed by atoms with Crippen LogP contribution in [0.2, 0.25) is 12.1 Å². The number of benzene rings is 4. The molecule has 2 aliphatic rings. The summed E-state index contributed by atoms with van der Waals surface area (Å²) >= 11 is -2.86. The molecule has 0 N–H and O–H groups in total. The Bertz CT molecular complexity index is 2640. The van der Waals surface area contributed by atoms with Crippen molar-refractivity contribution >= 4 is 46.2 Å². The molecule has 66 heavy (non-hydrogen) atoms. The fourth-order valence-electron chi connectivity index (χ4n) is 10.3. The van der Waals surface area contributed by atoms with E-state index < -0.39 is 24.4 Å². The third kappa shape index (κ3) is 9.75. The number of furan rings is 2. The van der Waals surface area contributed by atoms with Crippen molar-refractivity contribution in [1.82, 2.24) is 0 Å². The van der Waals surface area contributed by atoms with Crippen molar-refractivity contribution in [2.45, 2.75) is 156 Å². The number of fused-ring (bicyclic) bond motifs is 2. The van der Waals surface area contributed by atoms with Crippen molar-refractivity contribution < 1.29 is 27.4 Å². The van der Waals surface area contributed by atoms with E-state index in [1.165, 1.54) is 89.0 Å². The molecule has 2 atom stereocenters. The fraction of sp³-hybridized carbons (Fsp3) is 0.400. The molecule has 2 nitrogen and oxygen atoms in total. The van der Waals surface area contributed by atoms with Crippen LogP contribution < -0.4 is 0 Å². The molecule has 0 radical (unpaired) electrons. The molecule has 2 unspecified atom stereocenters. The first-order valence-electron chi connectivity index (χ1n) is 24.0. The molecule has 0 aliphatic heterocycles. The van der Waals surface area contributed by atoms with Gasteiger partial charge in [-0.05, 0) is 0 Å². The van der Waals surface area contributed by atoms with E-state index in [0.717, 1.165) is 35.1 Å². The molecule has 0 fully saturated rings. The Morgan fingerprint density at radius 1 is 0.470 bits per heavy atom. The van der Waals surface area contributed by atoms with Gasteiger partial charge in [-0.3, -0.25) is 0 Å². The molecule has 8 rings (SSSR count). The van der Waals surface area contributed by atoms with Crippen LogP contribution >= 0.6 is 17.0 Å². The van der Waals surface area contributed by atoms with Crippen molar-refractivity contribution in [1.29, 1.82) is 0 Å². The first-order chi connectivity index (χ1) is 30.7. The number of hydrogen-bond acceptors (Lipinski definition) is 2. The van der Waals surface area contributed by atoms with Gasteiger partial charge in [0.25, 0.3) is 0 Å². The van der Waals surface area contributed by atoms with Crippen LogP contribution in [0.1, 0.15) is 174 Å². The van der Waals surface area contributed by atoms with Crippen LogP contribution in [0.4, 0.5) is 0 Å². The summed E-state index contributed by atoms with van der Waals surface area (Å²) in [6, 6.07) is 34.6. The number of aryl methyl sites for hydroxylation is 4. The first kappa shape index (κ1) is 49.0. The van der Waals surface area contributed by atoms with Crippen molar-refractivity contribution in [2.75, 3.05) is 0 Å². The summed E-state index contributed by atoms with van der Waals surface area (Å²) < 4.78 is 13.1. The zero-order valence-corrected chi connectivity index (χ0v) is 47.6. The number of hydrogen-bond donors (Lipinski definition) is 0. The normalized spacial score (nSPS) is 16.9. The van der Waals surface area contributed by atoms with Crippen molar-refractivity contribution in [3.8, 4) is 22.3 Å². The van der Waals surface area contributed by atoms with Crippen LogP contribution in [0.3, 0.4) is 0 Å². The second-order valence-electron chi connectivity index (χ2n) is 23.7. The molecule has 0 saturated carbocycles. The van der Waals surface area contributed by atoms with E-state index in [-0.39, 0.29) is 33.5 Å². The van der Waals surface area contributed by atoms with Gasteiger partial charge in [-0.15, -0.1) is 0 Å². The maximum atomic E-state index is 7.53. The van der Waals surface area contributed by atoms with E-state index in [2.05, 4.69) is 194 Å².